The average Bonchev–Trinajstić information content (AvgIpc) is 2.36. The zero-order valence-corrected chi connectivity index (χ0v) is 11.6. The Morgan fingerprint density at radius 1 is 1.53 bits per heavy atom. The van der Waals surface area contributed by atoms with Crippen LogP contribution in [-0.4, -0.2) is 34.8 Å². The lowest BCUT2D eigenvalue weighted by Crippen LogP contribution is -2.46. The molecule has 1 saturated heterocycles. The van der Waals surface area contributed by atoms with Crippen LogP contribution in [0, 0.1) is 0 Å². The van der Waals surface area contributed by atoms with Gasteiger partial charge in [-0.25, -0.2) is 0 Å². The first kappa shape index (κ1) is 14.0. The van der Waals surface area contributed by atoms with Gasteiger partial charge in [-0.15, -0.1) is 0 Å². The molecule has 104 valence electrons. The molecule has 1 heterocycles. The van der Waals surface area contributed by atoms with Gasteiger partial charge in [-0.2, -0.15) is 0 Å². The Kier molecular flexibility index (Phi) is 3.87. The summed E-state index contributed by atoms with van der Waals surface area (Å²) in [6.07, 6.45) is 1.72. The van der Waals surface area contributed by atoms with E-state index in [1.54, 1.807) is 12.1 Å². The summed E-state index contributed by atoms with van der Waals surface area (Å²) < 4.78 is 0. The van der Waals surface area contributed by atoms with Crippen LogP contribution in [0.2, 0.25) is 5.02 Å². The molecule has 6 heteroatoms. The first-order chi connectivity index (χ1) is 8.93. The Hall–Kier alpha value is -1.46. The van der Waals surface area contributed by atoms with Gasteiger partial charge in [0.15, 0.2) is 5.84 Å². The number of rotatable bonds is 2. The summed E-state index contributed by atoms with van der Waals surface area (Å²) >= 11 is 6.24. The molecule has 1 aliphatic heterocycles. The number of anilines is 1. The quantitative estimate of drug-likeness (QED) is 0.334. The highest BCUT2D eigenvalue weighted by Gasteiger charge is 2.29. The van der Waals surface area contributed by atoms with Crippen LogP contribution in [0.4, 0.5) is 5.69 Å². The van der Waals surface area contributed by atoms with Gasteiger partial charge in [-0.05, 0) is 38.0 Å². The van der Waals surface area contributed by atoms with Gasteiger partial charge < -0.3 is 20.9 Å². The monoisotopic (exact) mass is 283 g/mol. The van der Waals surface area contributed by atoms with Crippen molar-refractivity contribution in [3.8, 4) is 0 Å². The minimum absolute atomic E-state index is 0.0269. The third-order valence-electron chi connectivity index (χ3n) is 3.37. The molecule has 1 aromatic rings. The van der Waals surface area contributed by atoms with Crippen molar-refractivity contribution < 1.29 is 10.3 Å². The van der Waals surface area contributed by atoms with Crippen molar-refractivity contribution in [2.24, 2.45) is 10.9 Å². The summed E-state index contributed by atoms with van der Waals surface area (Å²) in [6, 6.07) is 5.24. The summed E-state index contributed by atoms with van der Waals surface area (Å²) in [6.45, 7) is 3.24. The van der Waals surface area contributed by atoms with Crippen LogP contribution in [0.25, 0.3) is 0 Å². The molecule has 1 unspecified atom stereocenters. The topological polar surface area (TPSA) is 82.1 Å². The maximum atomic E-state index is 10.1. The van der Waals surface area contributed by atoms with Crippen molar-refractivity contribution >= 4 is 23.1 Å². The third kappa shape index (κ3) is 3.11. The minimum Gasteiger partial charge on any atom is -0.409 e. The molecule has 1 aromatic carbocycles. The van der Waals surface area contributed by atoms with Crippen LogP contribution in [0.15, 0.2) is 23.4 Å². The van der Waals surface area contributed by atoms with Gasteiger partial charge in [0, 0.05) is 18.7 Å². The lowest BCUT2D eigenvalue weighted by Gasteiger charge is -2.38. The molecule has 1 fully saturated rings. The number of aliphatic hydroxyl groups is 1. The molecule has 19 heavy (non-hydrogen) atoms. The standard InChI is InChI=1S/C13H18ClN3O2/c1-13(18)5-2-6-17(8-13)11-4-3-9(7-10(11)14)12(15)16-19/h3-4,7,18-19H,2,5-6,8H2,1H3,(H2,15,16). The maximum absolute atomic E-state index is 10.1. The van der Waals surface area contributed by atoms with Crippen molar-refractivity contribution in [1.82, 2.24) is 0 Å². The van der Waals surface area contributed by atoms with Gasteiger partial charge in [0.05, 0.1) is 16.3 Å². The number of nitrogens with two attached hydrogens (primary N) is 1. The zero-order chi connectivity index (χ0) is 14.0. The molecule has 0 aliphatic carbocycles. The molecule has 5 nitrogen and oxygen atoms in total. The summed E-state index contributed by atoms with van der Waals surface area (Å²) in [7, 11) is 0. The predicted octanol–water partition coefficient (Wildman–Crippen LogP) is 1.79. The van der Waals surface area contributed by atoms with E-state index in [1.165, 1.54) is 0 Å². The fourth-order valence-electron chi connectivity index (χ4n) is 2.41. The number of amidine groups is 1. The molecular weight excluding hydrogens is 266 g/mol. The highest BCUT2D eigenvalue weighted by molar-refractivity contribution is 6.33. The molecular formula is C13H18ClN3O2. The van der Waals surface area contributed by atoms with Gasteiger partial charge in [0.25, 0.3) is 0 Å². The molecule has 1 atom stereocenters. The van der Waals surface area contributed by atoms with E-state index < -0.39 is 5.60 Å². The second-order valence-electron chi connectivity index (χ2n) is 5.17. The zero-order valence-electron chi connectivity index (χ0n) is 10.8. The predicted molar refractivity (Wildman–Crippen MR) is 76.0 cm³/mol. The molecule has 0 spiro atoms. The fraction of sp³-hybridized carbons (Fsp3) is 0.462. The van der Waals surface area contributed by atoms with E-state index in [0.717, 1.165) is 25.1 Å². The summed E-state index contributed by atoms with van der Waals surface area (Å²) in [5, 5.41) is 22.2. The minimum atomic E-state index is -0.689. The van der Waals surface area contributed by atoms with Crippen molar-refractivity contribution in [3.05, 3.63) is 28.8 Å². The molecule has 0 amide bonds. The SMILES string of the molecule is CC1(O)CCCN(c2ccc(/C(N)=N/O)cc2Cl)C1. The molecule has 1 aliphatic rings. The second kappa shape index (κ2) is 5.27. The summed E-state index contributed by atoms with van der Waals surface area (Å²) in [4.78, 5) is 2.06. The number of piperidine rings is 1. The van der Waals surface area contributed by atoms with Crippen LogP contribution < -0.4 is 10.6 Å². The van der Waals surface area contributed by atoms with E-state index in [1.807, 2.05) is 13.0 Å². The highest BCUT2D eigenvalue weighted by atomic mass is 35.5. The number of nitrogens with zero attached hydrogens (tertiary/aromatic N) is 2. The third-order valence-corrected chi connectivity index (χ3v) is 3.67. The lowest BCUT2D eigenvalue weighted by atomic mass is 9.94. The Morgan fingerprint density at radius 3 is 2.84 bits per heavy atom. The summed E-state index contributed by atoms with van der Waals surface area (Å²) in [5.74, 6) is 0.0269. The normalized spacial score (nSPS) is 24.6. The van der Waals surface area contributed by atoms with Crippen LogP contribution >= 0.6 is 11.6 Å². The average molecular weight is 284 g/mol. The fourth-order valence-corrected chi connectivity index (χ4v) is 2.71. The van der Waals surface area contributed by atoms with Crippen LogP contribution in [0.5, 0.6) is 0 Å². The first-order valence-corrected chi connectivity index (χ1v) is 6.55. The smallest absolute Gasteiger partial charge is 0.170 e. The van der Waals surface area contributed by atoms with Crippen molar-refractivity contribution in [2.75, 3.05) is 18.0 Å². The number of β-amino-alcohol motifs (C(OH)–C–C–N with tert-alkyl or cyclic N) is 1. The van der Waals surface area contributed by atoms with E-state index in [-0.39, 0.29) is 5.84 Å². The molecule has 0 aromatic heterocycles. The highest BCUT2D eigenvalue weighted by Crippen LogP contribution is 2.31. The Morgan fingerprint density at radius 2 is 2.26 bits per heavy atom. The van der Waals surface area contributed by atoms with Crippen molar-refractivity contribution in [3.63, 3.8) is 0 Å². The Bertz CT molecular complexity index is 503. The van der Waals surface area contributed by atoms with Gasteiger partial charge in [-0.3, -0.25) is 0 Å². The number of halogens is 1. The molecule has 4 N–H and O–H groups in total. The molecule has 0 saturated carbocycles. The first-order valence-electron chi connectivity index (χ1n) is 6.18. The van der Waals surface area contributed by atoms with Gasteiger partial charge in [0.1, 0.15) is 0 Å². The second-order valence-corrected chi connectivity index (χ2v) is 5.58. The number of hydrogen-bond donors (Lipinski definition) is 3. The number of benzene rings is 1. The van der Waals surface area contributed by atoms with Crippen LogP contribution in [0.3, 0.4) is 0 Å². The molecule has 0 radical (unpaired) electrons. The van der Waals surface area contributed by atoms with Crippen molar-refractivity contribution in [1.29, 1.82) is 0 Å². The Balaban J connectivity index is 2.26. The van der Waals surface area contributed by atoms with Gasteiger partial charge >= 0.3 is 0 Å². The van der Waals surface area contributed by atoms with E-state index in [2.05, 4.69) is 10.1 Å². The van der Waals surface area contributed by atoms with Crippen molar-refractivity contribution in [2.45, 2.75) is 25.4 Å². The maximum Gasteiger partial charge on any atom is 0.170 e. The van der Waals surface area contributed by atoms with E-state index in [4.69, 9.17) is 22.5 Å². The largest absolute Gasteiger partial charge is 0.409 e. The van der Waals surface area contributed by atoms with Gasteiger partial charge in [-0.1, -0.05) is 16.8 Å². The van der Waals surface area contributed by atoms with Crippen LogP contribution in [0.1, 0.15) is 25.3 Å². The summed E-state index contributed by atoms with van der Waals surface area (Å²) in [5.41, 5.74) is 6.26. The number of hydrogen-bond acceptors (Lipinski definition) is 4. The van der Waals surface area contributed by atoms with Gasteiger partial charge in [0.2, 0.25) is 0 Å². The van der Waals surface area contributed by atoms with E-state index in [9.17, 15) is 5.11 Å². The Labute approximate surface area is 117 Å². The van der Waals surface area contributed by atoms with E-state index >= 15 is 0 Å². The molecule has 0 bridgehead atoms. The number of oxime groups is 1. The molecule has 2 rings (SSSR count). The van der Waals surface area contributed by atoms with Crippen LogP contribution in [-0.2, 0) is 0 Å². The van der Waals surface area contributed by atoms with E-state index in [0.29, 0.717) is 17.1 Å². The lowest BCUT2D eigenvalue weighted by molar-refractivity contribution is 0.0449.